The van der Waals surface area contributed by atoms with Crippen LogP contribution in [0.15, 0.2) is 0 Å². The largest absolute Gasteiger partial charge is 0.228 e. The number of nitrogens with zero attached hydrogens (tertiary/aromatic N) is 2. The van der Waals surface area contributed by atoms with Crippen LogP contribution in [0.5, 0.6) is 0 Å². The van der Waals surface area contributed by atoms with E-state index >= 15 is 0 Å². The van der Waals surface area contributed by atoms with Gasteiger partial charge in [-0.25, -0.2) is 13.6 Å². The normalized spacial score (nSPS) is 11.7. The van der Waals surface area contributed by atoms with Crippen molar-refractivity contribution in [3.63, 3.8) is 0 Å². The van der Waals surface area contributed by atoms with E-state index in [1.54, 1.807) is 13.8 Å². The predicted molar refractivity (Wildman–Crippen MR) is 53.3 cm³/mol. The molecule has 5 nitrogen and oxygen atoms in total. The van der Waals surface area contributed by atoms with Gasteiger partial charge in [0.1, 0.15) is 0 Å². The van der Waals surface area contributed by atoms with Crippen LogP contribution in [0.1, 0.15) is 16.8 Å². The Bertz CT molecular complexity index is 458. The summed E-state index contributed by atoms with van der Waals surface area (Å²) in [7, 11) is -3.59. The van der Waals surface area contributed by atoms with Crippen LogP contribution in [-0.4, -0.2) is 18.6 Å². The highest BCUT2D eigenvalue weighted by Gasteiger charge is 2.14. The molecule has 1 aromatic heterocycles. The Morgan fingerprint density at radius 1 is 1.36 bits per heavy atom. The predicted octanol–water partition coefficient (Wildman–Crippen LogP) is 0.535. The standard InChI is InChI=1S/C7H10ClN3O2S/c1-4-5(2)10-11-7(8)6(4)3-14(9,12)13/h3H2,1-2H3,(H2,9,12,13). The number of aryl methyl sites for hydroxylation is 1. The van der Waals surface area contributed by atoms with Crippen molar-refractivity contribution in [2.45, 2.75) is 19.6 Å². The van der Waals surface area contributed by atoms with Gasteiger partial charge in [-0.15, -0.1) is 5.10 Å². The minimum absolute atomic E-state index is 0.0853. The van der Waals surface area contributed by atoms with Crippen molar-refractivity contribution in [3.05, 3.63) is 22.0 Å². The number of sulfonamides is 1. The van der Waals surface area contributed by atoms with Crippen LogP contribution in [0.4, 0.5) is 0 Å². The maximum Gasteiger partial charge on any atom is 0.213 e. The fourth-order valence-electron chi connectivity index (χ4n) is 0.996. The molecule has 0 spiro atoms. The smallest absolute Gasteiger partial charge is 0.213 e. The summed E-state index contributed by atoms with van der Waals surface area (Å²) in [5.74, 6) is -0.311. The van der Waals surface area contributed by atoms with Crippen LogP contribution in [0.25, 0.3) is 0 Å². The number of hydrogen-bond acceptors (Lipinski definition) is 4. The van der Waals surface area contributed by atoms with Crippen molar-refractivity contribution in [2.75, 3.05) is 0 Å². The summed E-state index contributed by atoms with van der Waals surface area (Å²) >= 11 is 5.71. The first-order valence-electron chi connectivity index (χ1n) is 3.80. The molecule has 1 aromatic rings. The van der Waals surface area contributed by atoms with Crippen LogP contribution < -0.4 is 5.14 Å². The molecule has 2 N–H and O–H groups in total. The molecule has 0 amide bonds. The third kappa shape index (κ3) is 2.63. The minimum atomic E-state index is -3.59. The van der Waals surface area contributed by atoms with E-state index in [0.29, 0.717) is 16.8 Å². The second-order valence-electron chi connectivity index (χ2n) is 2.99. The molecule has 0 saturated carbocycles. The first-order valence-corrected chi connectivity index (χ1v) is 5.89. The Labute approximate surface area is 87.3 Å². The van der Waals surface area contributed by atoms with Crippen molar-refractivity contribution < 1.29 is 8.42 Å². The zero-order chi connectivity index (χ0) is 10.9. The number of nitrogens with two attached hydrogens (primary N) is 1. The van der Waals surface area contributed by atoms with Gasteiger partial charge >= 0.3 is 0 Å². The van der Waals surface area contributed by atoms with Crippen LogP contribution in [0, 0.1) is 13.8 Å². The lowest BCUT2D eigenvalue weighted by Crippen LogP contribution is -2.16. The molecule has 7 heteroatoms. The first-order chi connectivity index (χ1) is 6.31. The van der Waals surface area contributed by atoms with Gasteiger partial charge in [-0.3, -0.25) is 0 Å². The monoisotopic (exact) mass is 235 g/mol. The molecule has 14 heavy (non-hydrogen) atoms. The van der Waals surface area contributed by atoms with Crippen molar-refractivity contribution in [2.24, 2.45) is 5.14 Å². The van der Waals surface area contributed by atoms with Gasteiger partial charge in [0.05, 0.1) is 11.4 Å². The van der Waals surface area contributed by atoms with Gasteiger partial charge in [-0.05, 0) is 19.4 Å². The van der Waals surface area contributed by atoms with E-state index in [1.807, 2.05) is 0 Å². The maximum atomic E-state index is 10.9. The van der Waals surface area contributed by atoms with Gasteiger partial charge in [-0.2, -0.15) is 5.10 Å². The third-order valence-corrected chi connectivity index (χ3v) is 2.87. The van der Waals surface area contributed by atoms with E-state index in [-0.39, 0.29) is 10.9 Å². The fourth-order valence-corrected chi connectivity index (χ4v) is 2.08. The number of hydrogen-bond donors (Lipinski definition) is 1. The first kappa shape index (κ1) is 11.4. The average Bonchev–Trinajstić information content (AvgIpc) is 2.04. The highest BCUT2D eigenvalue weighted by molar-refractivity contribution is 7.88. The van der Waals surface area contributed by atoms with E-state index in [4.69, 9.17) is 16.7 Å². The molecule has 0 fully saturated rings. The zero-order valence-electron chi connectivity index (χ0n) is 7.78. The molecule has 0 aromatic carbocycles. The molecule has 0 aliphatic carbocycles. The van der Waals surface area contributed by atoms with Gasteiger partial charge in [-0.1, -0.05) is 11.6 Å². The molecular formula is C7H10ClN3O2S. The molecule has 0 aliphatic rings. The van der Waals surface area contributed by atoms with Gasteiger partial charge in [0, 0.05) is 5.56 Å². The SMILES string of the molecule is Cc1nnc(Cl)c(CS(N)(=O)=O)c1C. The van der Waals surface area contributed by atoms with E-state index in [0.717, 1.165) is 0 Å². The van der Waals surface area contributed by atoms with Crippen LogP contribution in [0.3, 0.4) is 0 Å². The molecule has 1 heterocycles. The lowest BCUT2D eigenvalue weighted by atomic mass is 10.1. The van der Waals surface area contributed by atoms with Gasteiger partial charge in [0.15, 0.2) is 5.15 Å². The second-order valence-corrected chi connectivity index (χ2v) is 4.96. The number of primary sulfonamides is 1. The molecular weight excluding hydrogens is 226 g/mol. The maximum absolute atomic E-state index is 10.9. The Hall–Kier alpha value is -0.720. The van der Waals surface area contributed by atoms with Crippen LogP contribution in [0.2, 0.25) is 5.15 Å². The molecule has 0 unspecified atom stereocenters. The minimum Gasteiger partial charge on any atom is -0.228 e. The van der Waals surface area contributed by atoms with Crippen molar-refractivity contribution >= 4 is 21.6 Å². The average molecular weight is 236 g/mol. The Morgan fingerprint density at radius 3 is 2.43 bits per heavy atom. The van der Waals surface area contributed by atoms with Crippen molar-refractivity contribution in [1.29, 1.82) is 0 Å². The number of rotatable bonds is 2. The second kappa shape index (κ2) is 3.80. The highest BCUT2D eigenvalue weighted by Crippen LogP contribution is 2.19. The molecule has 0 bridgehead atoms. The molecule has 0 saturated heterocycles. The number of aromatic nitrogens is 2. The Kier molecular flexibility index (Phi) is 3.08. The summed E-state index contributed by atoms with van der Waals surface area (Å²) in [6, 6.07) is 0. The van der Waals surface area contributed by atoms with Crippen molar-refractivity contribution in [3.8, 4) is 0 Å². The van der Waals surface area contributed by atoms with E-state index in [9.17, 15) is 8.42 Å². The van der Waals surface area contributed by atoms with Crippen molar-refractivity contribution in [1.82, 2.24) is 10.2 Å². The summed E-state index contributed by atoms with van der Waals surface area (Å²) in [5.41, 5.74) is 1.77. The van der Waals surface area contributed by atoms with Gasteiger partial charge in [0.25, 0.3) is 0 Å². The zero-order valence-corrected chi connectivity index (χ0v) is 9.35. The lowest BCUT2D eigenvalue weighted by Gasteiger charge is -2.07. The molecule has 1 rings (SSSR count). The summed E-state index contributed by atoms with van der Waals surface area (Å²) in [4.78, 5) is 0. The quantitative estimate of drug-likeness (QED) is 0.811. The van der Waals surface area contributed by atoms with Gasteiger partial charge in [0.2, 0.25) is 10.0 Å². The van der Waals surface area contributed by atoms with E-state index < -0.39 is 10.0 Å². The third-order valence-electron chi connectivity index (χ3n) is 1.88. The summed E-state index contributed by atoms with van der Waals surface area (Å²) in [6.07, 6.45) is 0. The van der Waals surface area contributed by atoms with Gasteiger partial charge < -0.3 is 0 Å². The lowest BCUT2D eigenvalue weighted by molar-refractivity contribution is 0.596. The van der Waals surface area contributed by atoms with E-state index in [2.05, 4.69) is 10.2 Å². The molecule has 0 aliphatic heterocycles. The summed E-state index contributed by atoms with van der Waals surface area (Å²) < 4.78 is 21.8. The van der Waals surface area contributed by atoms with E-state index in [1.165, 1.54) is 0 Å². The number of halogens is 1. The molecule has 0 atom stereocenters. The fraction of sp³-hybridized carbons (Fsp3) is 0.429. The summed E-state index contributed by atoms with van der Waals surface area (Å²) in [6.45, 7) is 3.46. The molecule has 78 valence electrons. The van der Waals surface area contributed by atoms with Crippen LogP contribution >= 0.6 is 11.6 Å². The highest BCUT2D eigenvalue weighted by atomic mass is 35.5. The molecule has 0 radical (unpaired) electrons. The Balaban J connectivity index is 3.27. The summed E-state index contributed by atoms with van der Waals surface area (Å²) in [5, 5.41) is 12.4. The Morgan fingerprint density at radius 2 is 1.93 bits per heavy atom. The topological polar surface area (TPSA) is 85.9 Å². The van der Waals surface area contributed by atoms with Crippen LogP contribution in [-0.2, 0) is 15.8 Å².